The first kappa shape index (κ1) is 40.1. The van der Waals surface area contributed by atoms with Gasteiger partial charge in [-0.1, -0.05) is 13.2 Å². The van der Waals surface area contributed by atoms with Crippen molar-refractivity contribution in [1.82, 2.24) is 0 Å². The number of ether oxygens (including phenoxy) is 2. The highest BCUT2D eigenvalue weighted by atomic mass is 19.4. The van der Waals surface area contributed by atoms with Crippen molar-refractivity contribution in [2.75, 3.05) is 6.61 Å². The van der Waals surface area contributed by atoms with E-state index in [0.29, 0.717) is 0 Å². The molecule has 0 aliphatic carbocycles. The number of rotatable bonds is 14. The largest absolute Gasteiger partial charge is 0.460 e. The molecule has 0 saturated carbocycles. The Morgan fingerprint density at radius 3 is 1.14 bits per heavy atom. The maximum absolute atomic E-state index is 14.3. The molecule has 0 aromatic heterocycles. The number of hydrogen-bond donors (Lipinski definition) is 0. The van der Waals surface area contributed by atoms with Crippen LogP contribution in [0.3, 0.4) is 0 Å². The fraction of sp³-hybridized carbons (Fsp3) is 0.700. The van der Waals surface area contributed by atoms with Crippen LogP contribution in [0.5, 0.6) is 0 Å². The van der Waals surface area contributed by atoms with Crippen LogP contribution in [0.1, 0.15) is 20.3 Å². The molecular formula is C20H15F19O4. The van der Waals surface area contributed by atoms with E-state index in [-0.39, 0.29) is 0 Å². The van der Waals surface area contributed by atoms with Crippen molar-refractivity contribution in [2.45, 2.75) is 79.9 Å². The van der Waals surface area contributed by atoms with Crippen molar-refractivity contribution in [2.24, 2.45) is 0 Å². The average molecular weight is 680 g/mol. The minimum Gasteiger partial charge on any atom is -0.458 e. The maximum atomic E-state index is 14.3. The molecule has 0 aromatic carbocycles. The lowest BCUT2D eigenvalue weighted by Crippen LogP contribution is -2.75. The fourth-order valence-corrected chi connectivity index (χ4v) is 2.49. The van der Waals surface area contributed by atoms with Gasteiger partial charge in [0.25, 0.3) is 0 Å². The topological polar surface area (TPSA) is 52.6 Å². The van der Waals surface area contributed by atoms with Gasteiger partial charge in [0, 0.05) is 11.1 Å². The van der Waals surface area contributed by atoms with Gasteiger partial charge in [-0.3, -0.25) is 0 Å². The summed E-state index contributed by atoms with van der Waals surface area (Å²) in [5.74, 6) is -71.5. The lowest BCUT2D eigenvalue weighted by molar-refractivity contribution is -0.469. The summed E-state index contributed by atoms with van der Waals surface area (Å²) in [6.07, 6.45) is -14.3. The molecule has 0 N–H and O–H groups in total. The summed E-state index contributed by atoms with van der Waals surface area (Å²) in [4.78, 5) is 22.9. The molecule has 0 radical (unpaired) electrons. The van der Waals surface area contributed by atoms with Crippen LogP contribution in [-0.4, -0.2) is 78.2 Å². The van der Waals surface area contributed by atoms with Gasteiger partial charge in [0.15, 0.2) is 0 Å². The summed E-state index contributed by atoms with van der Waals surface area (Å²) < 4.78 is 264. The Kier molecular flexibility index (Phi) is 10.8. The molecule has 0 fully saturated rings. The second-order valence-electron chi connectivity index (χ2n) is 8.61. The lowest BCUT2D eigenvalue weighted by Gasteiger charge is -2.44. The number of alkyl halides is 19. The minimum atomic E-state index is -9.07. The van der Waals surface area contributed by atoms with E-state index in [9.17, 15) is 93.0 Å². The summed E-state index contributed by atoms with van der Waals surface area (Å²) >= 11 is 0. The molecule has 252 valence electrons. The molecule has 0 aromatic rings. The van der Waals surface area contributed by atoms with Crippen molar-refractivity contribution < 1.29 is 102 Å². The molecule has 0 rings (SSSR count). The summed E-state index contributed by atoms with van der Waals surface area (Å²) in [5.41, 5.74) is -1.36. The Morgan fingerprint density at radius 1 is 0.535 bits per heavy atom. The van der Waals surface area contributed by atoms with Crippen LogP contribution in [0, 0.1) is 0 Å². The zero-order chi connectivity index (χ0) is 35.2. The first-order valence-electron chi connectivity index (χ1n) is 10.3. The fourth-order valence-electron chi connectivity index (χ4n) is 2.49. The van der Waals surface area contributed by atoms with E-state index in [2.05, 4.69) is 22.6 Å². The zero-order valence-corrected chi connectivity index (χ0v) is 20.7. The highest BCUT2D eigenvalue weighted by molar-refractivity contribution is 5.87. The molecule has 4 nitrogen and oxygen atoms in total. The quantitative estimate of drug-likeness (QED) is 0.108. The highest BCUT2D eigenvalue weighted by Crippen LogP contribution is 2.65. The van der Waals surface area contributed by atoms with E-state index in [1.54, 1.807) is 0 Å². The van der Waals surface area contributed by atoms with Crippen LogP contribution < -0.4 is 0 Å². The lowest BCUT2D eigenvalue weighted by atomic mass is 9.86. The van der Waals surface area contributed by atoms with Crippen LogP contribution in [-0.2, 0) is 19.1 Å². The second kappa shape index (κ2) is 11.5. The Hall–Kier alpha value is -2.91. The van der Waals surface area contributed by atoms with Gasteiger partial charge in [0.05, 0.1) is 6.42 Å². The molecule has 0 aliphatic rings. The van der Waals surface area contributed by atoms with Crippen molar-refractivity contribution >= 4 is 11.9 Å². The molecule has 0 aliphatic heterocycles. The first-order chi connectivity index (χ1) is 18.5. The minimum absolute atomic E-state index is 0.579. The SMILES string of the molecule is C=C(C)C(=O)OCC(CC(F)(F)C(F)(F)C(F)(F)C(F)(F)C(F)(F)C(F)(F)C(F)(F)C(F)(F)C(F)(F)F)OC(=O)C(=C)C. The van der Waals surface area contributed by atoms with Crippen LogP contribution in [0.15, 0.2) is 24.3 Å². The molecule has 0 bridgehead atoms. The second-order valence-corrected chi connectivity index (χ2v) is 8.61. The zero-order valence-electron chi connectivity index (χ0n) is 20.7. The molecule has 0 heterocycles. The number of hydrogen-bond acceptors (Lipinski definition) is 4. The van der Waals surface area contributed by atoms with Gasteiger partial charge in [-0.25, -0.2) is 9.59 Å². The normalized spacial score (nSPS) is 15.6. The Balaban J connectivity index is 6.88. The predicted molar refractivity (Wildman–Crippen MR) is 101 cm³/mol. The number of carbonyl (C=O) groups excluding carboxylic acids is 2. The Bertz CT molecular complexity index is 1090. The average Bonchev–Trinajstić information content (AvgIpc) is 2.80. The van der Waals surface area contributed by atoms with Crippen molar-refractivity contribution in [3.05, 3.63) is 24.3 Å². The van der Waals surface area contributed by atoms with Crippen LogP contribution in [0.4, 0.5) is 83.4 Å². The van der Waals surface area contributed by atoms with E-state index < -0.39 is 95.8 Å². The Morgan fingerprint density at radius 2 is 0.837 bits per heavy atom. The number of carbonyl (C=O) groups is 2. The van der Waals surface area contributed by atoms with Crippen molar-refractivity contribution in [3.8, 4) is 0 Å². The van der Waals surface area contributed by atoms with Gasteiger partial charge in [-0.2, -0.15) is 83.4 Å². The molecule has 0 saturated heterocycles. The third-order valence-corrected chi connectivity index (χ3v) is 5.04. The maximum Gasteiger partial charge on any atom is 0.460 e. The highest BCUT2D eigenvalue weighted by Gasteiger charge is 2.96. The predicted octanol–water partition coefficient (Wildman–Crippen LogP) is 7.63. The third-order valence-electron chi connectivity index (χ3n) is 5.04. The Labute approximate surface area is 226 Å². The monoisotopic (exact) mass is 680 g/mol. The van der Waals surface area contributed by atoms with Crippen LogP contribution >= 0.6 is 0 Å². The van der Waals surface area contributed by atoms with Gasteiger partial charge in [-0.15, -0.1) is 0 Å². The molecule has 0 amide bonds. The molecule has 43 heavy (non-hydrogen) atoms. The van der Waals surface area contributed by atoms with Gasteiger partial charge in [-0.05, 0) is 13.8 Å². The summed E-state index contributed by atoms with van der Waals surface area (Å²) in [6.45, 7) is 5.58. The standard InChI is InChI=1S/C20H15F19O4/c1-7(2)10(40)42-6-9(43-11(41)8(3)4)5-12(21,22)13(23,24)14(25,26)15(27,28)16(29,30)17(31,32)18(33,34)19(35,36)20(37,38)39/h9H,1,3,5-6H2,2,4H3. The molecular weight excluding hydrogens is 665 g/mol. The van der Waals surface area contributed by atoms with E-state index in [4.69, 9.17) is 0 Å². The van der Waals surface area contributed by atoms with Gasteiger partial charge in [0.1, 0.15) is 12.7 Å². The summed E-state index contributed by atoms with van der Waals surface area (Å²) in [5, 5.41) is 0. The molecule has 1 unspecified atom stereocenters. The van der Waals surface area contributed by atoms with E-state index in [1.165, 1.54) is 0 Å². The summed E-state index contributed by atoms with van der Waals surface area (Å²) in [6, 6.07) is 0. The number of esters is 2. The first-order valence-corrected chi connectivity index (χ1v) is 10.3. The van der Waals surface area contributed by atoms with Crippen molar-refractivity contribution in [3.63, 3.8) is 0 Å². The van der Waals surface area contributed by atoms with E-state index >= 15 is 0 Å². The van der Waals surface area contributed by atoms with Gasteiger partial charge >= 0.3 is 65.5 Å². The molecule has 1 atom stereocenters. The van der Waals surface area contributed by atoms with Crippen LogP contribution in [0.25, 0.3) is 0 Å². The summed E-state index contributed by atoms with van der Waals surface area (Å²) in [7, 11) is 0. The van der Waals surface area contributed by atoms with Gasteiger partial charge < -0.3 is 9.47 Å². The van der Waals surface area contributed by atoms with Crippen molar-refractivity contribution in [1.29, 1.82) is 0 Å². The van der Waals surface area contributed by atoms with Gasteiger partial charge in [0.2, 0.25) is 0 Å². The third kappa shape index (κ3) is 6.48. The van der Waals surface area contributed by atoms with E-state index in [0.717, 1.165) is 13.8 Å². The number of halogens is 19. The molecule has 23 heteroatoms. The van der Waals surface area contributed by atoms with Crippen LogP contribution in [0.2, 0.25) is 0 Å². The van der Waals surface area contributed by atoms with E-state index in [1.807, 2.05) is 0 Å². The smallest absolute Gasteiger partial charge is 0.458 e. The molecule has 0 spiro atoms.